The van der Waals surface area contributed by atoms with Crippen molar-refractivity contribution >= 4 is 11.9 Å². The molecule has 0 aromatic heterocycles. The van der Waals surface area contributed by atoms with Gasteiger partial charge in [0.25, 0.3) is 0 Å². The Morgan fingerprint density at radius 2 is 0.958 bits per heavy atom. The van der Waals surface area contributed by atoms with Gasteiger partial charge >= 0.3 is 11.9 Å². The maximum absolute atomic E-state index is 10.8. The molecular formula is C20H24O4. The highest BCUT2D eigenvalue weighted by Gasteiger charge is 2.62. The van der Waals surface area contributed by atoms with E-state index < -0.39 is 0 Å². The Morgan fingerprint density at radius 1 is 0.667 bits per heavy atom. The lowest BCUT2D eigenvalue weighted by Gasteiger charge is -2.18. The van der Waals surface area contributed by atoms with E-state index in [2.05, 4.69) is 24.3 Å². The van der Waals surface area contributed by atoms with Crippen molar-refractivity contribution in [3.63, 3.8) is 0 Å². The molecule has 4 nitrogen and oxygen atoms in total. The molecule has 0 aromatic carbocycles. The highest BCUT2D eigenvalue weighted by atomic mass is 16.5. The van der Waals surface area contributed by atoms with E-state index in [9.17, 15) is 9.59 Å². The summed E-state index contributed by atoms with van der Waals surface area (Å²) in [6.07, 6.45) is 12.1. The number of hydrogen-bond acceptors (Lipinski definition) is 4. The molecular weight excluding hydrogens is 304 g/mol. The molecule has 24 heavy (non-hydrogen) atoms. The van der Waals surface area contributed by atoms with E-state index >= 15 is 0 Å². The Balaban J connectivity index is 0.000000109. The number of fused-ring (bicyclic) bond motifs is 10. The minimum atomic E-state index is -0.125. The predicted molar refractivity (Wildman–Crippen MR) is 86.5 cm³/mol. The van der Waals surface area contributed by atoms with Crippen LogP contribution in [-0.4, -0.2) is 24.1 Å². The van der Waals surface area contributed by atoms with Crippen LogP contribution in [0.3, 0.4) is 0 Å². The first-order chi connectivity index (χ1) is 11.5. The Hall–Kier alpha value is -1.58. The molecule has 4 saturated carbocycles. The normalized spacial score (nSPS) is 52.2. The fraction of sp³-hybridized carbons (Fsp3) is 0.700. The molecule has 6 rings (SSSR count). The summed E-state index contributed by atoms with van der Waals surface area (Å²) in [5.74, 6) is 5.39. The minimum absolute atomic E-state index is 0.125. The standard InChI is InChI=1S/2C10H12O2/c2*1-5(11)12-10-6-2-3-7(10)9-4-8(6)9/h2*2-3,6-10H,4H2,1H3. The van der Waals surface area contributed by atoms with Crippen LogP contribution < -0.4 is 0 Å². The third kappa shape index (κ3) is 2.11. The van der Waals surface area contributed by atoms with Crippen LogP contribution in [0, 0.1) is 47.3 Å². The number of ether oxygens (including phenoxy) is 2. The monoisotopic (exact) mass is 328 g/mol. The lowest BCUT2D eigenvalue weighted by molar-refractivity contribution is -0.149. The lowest BCUT2D eigenvalue weighted by atomic mass is 10.0. The lowest BCUT2D eigenvalue weighted by Crippen LogP contribution is -2.24. The van der Waals surface area contributed by atoms with Crippen molar-refractivity contribution in [1.29, 1.82) is 0 Å². The second-order valence-electron chi connectivity index (χ2n) is 8.35. The molecule has 0 amide bonds. The average Bonchev–Trinajstić information content (AvgIpc) is 3.40. The van der Waals surface area contributed by atoms with Crippen molar-refractivity contribution in [3.05, 3.63) is 24.3 Å². The van der Waals surface area contributed by atoms with E-state index in [1.165, 1.54) is 26.7 Å². The van der Waals surface area contributed by atoms with Gasteiger partial charge in [-0.1, -0.05) is 24.3 Å². The summed E-state index contributed by atoms with van der Waals surface area (Å²) in [6, 6.07) is 0. The Morgan fingerprint density at radius 3 is 1.21 bits per heavy atom. The Bertz CT molecular complexity index is 558. The highest BCUT2D eigenvalue weighted by molar-refractivity contribution is 5.67. The summed E-state index contributed by atoms with van der Waals surface area (Å²) >= 11 is 0. The van der Waals surface area contributed by atoms with Crippen molar-refractivity contribution in [1.82, 2.24) is 0 Å². The molecule has 4 bridgehead atoms. The van der Waals surface area contributed by atoms with Crippen LogP contribution in [0.1, 0.15) is 26.7 Å². The number of carbonyl (C=O) groups is 2. The van der Waals surface area contributed by atoms with E-state index in [1.807, 2.05) is 0 Å². The molecule has 6 aliphatic rings. The van der Waals surface area contributed by atoms with Crippen LogP contribution in [-0.2, 0) is 19.1 Å². The zero-order valence-electron chi connectivity index (χ0n) is 14.1. The number of hydrogen-bond donors (Lipinski definition) is 0. The molecule has 0 aromatic rings. The molecule has 128 valence electrons. The summed E-state index contributed by atoms with van der Waals surface area (Å²) in [7, 11) is 0. The van der Waals surface area contributed by atoms with E-state index in [4.69, 9.17) is 9.47 Å². The van der Waals surface area contributed by atoms with E-state index in [-0.39, 0.29) is 24.1 Å². The van der Waals surface area contributed by atoms with Crippen LogP contribution in [0.4, 0.5) is 0 Å². The van der Waals surface area contributed by atoms with Crippen LogP contribution in [0.5, 0.6) is 0 Å². The SMILES string of the molecule is CC(=O)OC1C2C=CC1C1CC21.CC(=O)OC1C2C=CC1C1CC21. The third-order valence-corrected chi connectivity index (χ3v) is 6.99. The smallest absolute Gasteiger partial charge is 0.302 e. The molecule has 0 aliphatic heterocycles. The maximum atomic E-state index is 10.8. The molecule has 4 heteroatoms. The summed E-state index contributed by atoms with van der Waals surface area (Å²) in [6.45, 7) is 3.01. The minimum Gasteiger partial charge on any atom is -0.461 e. The summed E-state index contributed by atoms with van der Waals surface area (Å²) in [5, 5.41) is 0. The van der Waals surface area contributed by atoms with Gasteiger partial charge < -0.3 is 9.47 Å². The summed E-state index contributed by atoms with van der Waals surface area (Å²) in [5.41, 5.74) is 0. The van der Waals surface area contributed by atoms with E-state index in [0.717, 1.165) is 23.7 Å². The van der Waals surface area contributed by atoms with Crippen molar-refractivity contribution < 1.29 is 19.1 Å². The van der Waals surface area contributed by atoms with E-state index in [0.29, 0.717) is 23.7 Å². The van der Waals surface area contributed by atoms with Gasteiger partial charge in [-0.05, 0) is 36.5 Å². The zero-order chi connectivity index (χ0) is 16.6. The second-order valence-corrected chi connectivity index (χ2v) is 8.35. The first-order valence-corrected chi connectivity index (χ1v) is 9.25. The zero-order valence-corrected chi connectivity index (χ0v) is 14.1. The van der Waals surface area contributed by atoms with Gasteiger partial charge in [0.15, 0.2) is 0 Å². The number of carbonyl (C=O) groups excluding carboxylic acids is 2. The van der Waals surface area contributed by atoms with Gasteiger partial charge in [-0.2, -0.15) is 0 Å². The molecule has 6 aliphatic carbocycles. The van der Waals surface area contributed by atoms with Gasteiger partial charge in [-0.15, -0.1) is 0 Å². The summed E-state index contributed by atoms with van der Waals surface area (Å²) in [4.78, 5) is 21.6. The van der Waals surface area contributed by atoms with Crippen molar-refractivity contribution in [3.8, 4) is 0 Å². The van der Waals surface area contributed by atoms with Crippen LogP contribution in [0.2, 0.25) is 0 Å². The molecule has 4 fully saturated rings. The van der Waals surface area contributed by atoms with Gasteiger partial charge in [0.2, 0.25) is 0 Å². The maximum Gasteiger partial charge on any atom is 0.302 e. The predicted octanol–water partition coefficient (Wildman–Crippen LogP) is 2.74. The Labute approximate surface area is 142 Å². The van der Waals surface area contributed by atoms with Gasteiger partial charge in [0, 0.05) is 37.5 Å². The number of esters is 2. The highest BCUT2D eigenvalue weighted by Crippen LogP contribution is 2.64. The molecule has 8 atom stereocenters. The first kappa shape index (κ1) is 14.7. The molecule has 0 spiro atoms. The Kier molecular flexibility index (Phi) is 3.05. The third-order valence-electron chi connectivity index (χ3n) is 6.99. The van der Waals surface area contributed by atoms with E-state index in [1.54, 1.807) is 0 Å². The second kappa shape index (κ2) is 4.96. The topological polar surface area (TPSA) is 52.6 Å². The van der Waals surface area contributed by atoms with Gasteiger partial charge in [-0.25, -0.2) is 0 Å². The van der Waals surface area contributed by atoms with Crippen molar-refractivity contribution in [2.24, 2.45) is 47.3 Å². The van der Waals surface area contributed by atoms with Crippen molar-refractivity contribution in [2.45, 2.75) is 38.9 Å². The fourth-order valence-corrected chi connectivity index (χ4v) is 5.95. The molecule has 8 unspecified atom stereocenters. The average molecular weight is 328 g/mol. The van der Waals surface area contributed by atoms with Crippen LogP contribution >= 0.6 is 0 Å². The molecule has 0 saturated heterocycles. The fourth-order valence-electron chi connectivity index (χ4n) is 5.95. The van der Waals surface area contributed by atoms with Gasteiger partial charge in [0.05, 0.1) is 0 Å². The number of rotatable bonds is 2. The van der Waals surface area contributed by atoms with Crippen LogP contribution in [0.15, 0.2) is 24.3 Å². The largest absolute Gasteiger partial charge is 0.461 e. The van der Waals surface area contributed by atoms with Gasteiger partial charge in [0.1, 0.15) is 12.2 Å². The first-order valence-electron chi connectivity index (χ1n) is 9.25. The van der Waals surface area contributed by atoms with Crippen LogP contribution in [0.25, 0.3) is 0 Å². The summed E-state index contributed by atoms with van der Waals surface area (Å²) < 4.78 is 10.6. The van der Waals surface area contributed by atoms with Gasteiger partial charge in [-0.3, -0.25) is 9.59 Å². The molecule has 0 N–H and O–H groups in total. The molecule has 0 radical (unpaired) electrons. The quantitative estimate of drug-likeness (QED) is 0.578. The molecule has 0 heterocycles. The van der Waals surface area contributed by atoms with Crippen molar-refractivity contribution in [2.75, 3.05) is 0 Å².